The van der Waals surface area contributed by atoms with Crippen molar-refractivity contribution in [2.24, 2.45) is 0 Å². The molecule has 1 saturated carbocycles. The van der Waals surface area contributed by atoms with E-state index in [0.717, 1.165) is 24.0 Å². The van der Waals surface area contributed by atoms with Gasteiger partial charge in [-0.1, -0.05) is 23.7 Å². The number of carbonyl (C=O) groups is 1. The highest BCUT2D eigenvalue weighted by Crippen LogP contribution is 2.38. The minimum Gasteiger partial charge on any atom is -0.486 e. The van der Waals surface area contributed by atoms with Crippen LogP contribution in [0.5, 0.6) is 11.5 Å². The molecule has 2 amide bonds. The van der Waals surface area contributed by atoms with Gasteiger partial charge in [-0.25, -0.2) is 9.18 Å². The lowest BCUT2D eigenvalue weighted by Gasteiger charge is -2.24. The van der Waals surface area contributed by atoms with Crippen LogP contribution < -0.4 is 14.8 Å². The normalized spacial score (nSPS) is 15.3. The second-order valence-corrected chi connectivity index (χ2v) is 7.15. The summed E-state index contributed by atoms with van der Waals surface area (Å²) in [5.74, 6) is 0.869. The number of ether oxygens (including phenoxy) is 2. The van der Waals surface area contributed by atoms with Crippen molar-refractivity contribution in [1.82, 2.24) is 10.2 Å². The number of nitrogens with one attached hydrogen (secondary N) is 1. The highest BCUT2D eigenvalue weighted by atomic mass is 35.5. The van der Waals surface area contributed by atoms with E-state index in [-0.39, 0.29) is 17.9 Å². The first-order chi connectivity index (χ1) is 13.1. The quantitative estimate of drug-likeness (QED) is 0.835. The Morgan fingerprint density at radius 1 is 1.15 bits per heavy atom. The number of amides is 2. The second kappa shape index (κ2) is 7.64. The van der Waals surface area contributed by atoms with E-state index in [4.69, 9.17) is 21.1 Å². The molecule has 2 aliphatic rings. The number of fused-ring (bicyclic) bond motifs is 1. The van der Waals surface area contributed by atoms with Gasteiger partial charge in [0, 0.05) is 19.1 Å². The molecule has 1 heterocycles. The first-order valence-corrected chi connectivity index (χ1v) is 9.35. The van der Waals surface area contributed by atoms with E-state index in [9.17, 15) is 9.18 Å². The summed E-state index contributed by atoms with van der Waals surface area (Å²) in [6.07, 6.45) is 1.98. The molecule has 1 aliphatic carbocycles. The van der Waals surface area contributed by atoms with Gasteiger partial charge in [-0.05, 0) is 48.2 Å². The Labute approximate surface area is 162 Å². The lowest BCUT2D eigenvalue weighted by atomic mass is 10.2. The zero-order chi connectivity index (χ0) is 18.8. The molecule has 142 valence electrons. The number of hydrogen-bond donors (Lipinski definition) is 1. The maximum Gasteiger partial charge on any atom is 0.318 e. The number of carbonyl (C=O) groups excluding carboxylic acids is 1. The van der Waals surface area contributed by atoms with Crippen LogP contribution in [0.3, 0.4) is 0 Å². The molecule has 5 nitrogen and oxygen atoms in total. The Morgan fingerprint density at radius 3 is 2.63 bits per heavy atom. The molecule has 27 heavy (non-hydrogen) atoms. The number of nitrogens with zero attached hydrogens (tertiary/aromatic N) is 1. The fourth-order valence-corrected chi connectivity index (χ4v) is 3.37. The topological polar surface area (TPSA) is 50.8 Å². The van der Waals surface area contributed by atoms with Crippen LogP contribution in [0.15, 0.2) is 36.4 Å². The first kappa shape index (κ1) is 17.9. The fourth-order valence-electron chi connectivity index (χ4n) is 3.08. The van der Waals surface area contributed by atoms with E-state index in [2.05, 4.69) is 5.32 Å². The van der Waals surface area contributed by atoms with E-state index in [1.807, 2.05) is 6.07 Å². The monoisotopic (exact) mass is 390 g/mol. The Kier molecular flexibility index (Phi) is 5.07. The van der Waals surface area contributed by atoms with Crippen molar-refractivity contribution in [3.63, 3.8) is 0 Å². The number of benzene rings is 2. The molecule has 0 atom stereocenters. The van der Waals surface area contributed by atoms with Gasteiger partial charge in [0.1, 0.15) is 19.0 Å². The zero-order valence-electron chi connectivity index (χ0n) is 14.7. The Bertz CT molecular complexity index is 840. The molecule has 2 aromatic carbocycles. The molecule has 0 spiro atoms. The number of urea groups is 1. The summed E-state index contributed by atoms with van der Waals surface area (Å²) in [4.78, 5) is 14.5. The molecule has 0 radical (unpaired) electrons. The van der Waals surface area contributed by atoms with Crippen molar-refractivity contribution in [2.45, 2.75) is 32.0 Å². The highest BCUT2D eigenvalue weighted by Gasteiger charge is 2.32. The van der Waals surface area contributed by atoms with Crippen molar-refractivity contribution in [3.8, 4) is 11.5 Å². The minimum absolute atomic E-state index is 0.146. The van der Waals surface area contributed by atoms with E-state index in [1.54, 1.807) is 23.1 Å². The van der Waals surface area contributed by atoms with Crippen molar-refractivity contribution in [3.05, 3.63) is 58.4 Å². The van der Waals surface area contributed by atoms with Gasteiger partial charge < -0.3 is 19.7 Å². The highest BCUT2D eigenvalue weighted by molar-refractivity contribution is 6.32. The second-order valence-electron chi connectivity index (χ2n) is 6.75. The van der Waals surface area contributed by atoms with Crippen LogP contribution in [-0.4, -0.2) is 30.2 Å². The number of hydrogen-bond acceptors (Lipinski definition) is 3. The maximum absolute atomic E-state index is 13.1. The average molecular weight is 391 g/mol. The van der Waals surface area contributed by atoms with Crippen LogP contribution in [0.4, 0.5) is 9.18 Å². The molecule has 4 rings (SSSR count). The van der Waals surface area contributed by atoms with Crippen molar-refractivity contribution in [1.29, 1.82) is 0 Å². The van der Waals surface area contributed by atoms with Crippen LogP contribution in [-0.2, 0) is 13.1 Å². The molecule has 0 bridgehead atoms. The number of rotatable bonds is 5. The summed E-state index contributed by atoms with van der Waals surface area (Å²) in [7, 11) is 0. The average Bonchev–Trinajstić information content (AvgIpc) is 3.51. The predicted molar refractivity (Wildman–Crippen MR) is 99.6 cm³/mol. The van der Waals surface area contributed by atoms with Gasteiger partial charge >= 0.3 is 6.03 Å². The standard InChI is InChI=1S/C20H20ClFN2O3/c21-17-9-14(10-18-19(17)27-8-7-26-18)11-23-20(25)24(16-5-6-16)12-13-1-3-15(22)4-2-13/h1-4,9-10,16H,5-8,11-12H2,(H,23,25). The van der Waals surface area contributed by atoms with Crippen molar-refractivity contribution in [2.75, 3.05) is 13.2 Å². The summed E-state index contributed by atoms with van der Waals surface area (Å²) in [5.41, 5.74) is 1.75. The molecule has 1 fully saturated rings. The van der Waals surface area contributed by atoms with Gasteiger partial charge in [0.15, 0.2) is 11.5 Å². The summed E-state index contributed by atoms with van der Waals surface area (Å²) in [6.45, 7) is 1.75. The Hall–Kier alpha value is -2.47. The molecule has 0 saturated heterocycles. The van der Waals surface area contributed by atoms with E-state index < -0.39 is 0 Å². The number of halogens is 2. The third-order valence-electron chi connectivity index (χ3n) is 4.62. The van der Waals surface area contributed by atoms with Crippen LogP contribution >= 0.6 is 11.6 Å². The molecule has 7 heteroatoms. The maximum atomic E-state index is 13.1. The summed E-state index contributed by atoms with van der Waals surface area (Å²) >= 11 is 6.25. The van der Waals surface area contributed by atoms with Gasteiger partial charge in [0.05, 0.1) is 5.02 Å². The largest absolute Gasteiger partial charge is 0.486 e. The summed E-state index contributed by atoms with van der Waals surface area (Å²) in [6, 6.07) is 9.94. The lowest BCUT2D eigenvalue weighted by molar-refractivity contribution is 0.171. The first-order valence-electron chi connectivity index (χ1n) is 8.97. The van der Waals surface area contributed by atoms with Gasteiger partial charge in [-0.2, -0.15) is 0 Å². The van der Waals surface area contributed by atoms with Crippen LogP contribution in [0.1, 0.15) is 24.0 Å². The smallest absolute Gasteiger partial charge is 0.318 e. The van der Waals surface area contributed by atoms with Gasteiger partial charge in [-0.15, -0.1) is 0 Å². The molecule has 2 aromatic rings. The molecule has 1 aliphatic heterocycles. The SMILES string of the molecule is O=C(NCc1cc(Cl)c2c(c1)OCCO2)N(Cc1ccc(F)cc1)C1CC1. The molecule has 0 unspecified atom stereocenters. The fraction of sp³-hybridized carbons (Fsp3) is 0.350. The van der Waals surface area contributed by atoms with Crippen LogP contribution in [0, 0.1) is 5.82 Å². The molecule has 0 aromatic heterocycles. The predicted octanol–water partition coefficient (Wildman–Crippen LogP) is 4.12. The third kappa shape index (κ3) is 4.27. The lowest BCUT2D eigenvalue weighted by Crippen LogP contribution is -2.40. The van der Waals surface area contributed by atoms with E-state index in [1.165, 1.54) is 12.1 Å². The third-order valence-corrected chi connectivity index (χ3v) is 4.90. The van der Waals surface area contributed by atoms with Gasteiger partial charge in [0.25, 0.3) is 0 Å². The minimum atomic E-state index is -0.281. The van der Waals surface area contributed by atoms with Crippen LogP contribution in [0.2, 0.25) is 5.02 Å². The summed E-state index contributed by atoms with van der Waals surface area (Å²) < 4.78 is 24.2. The van der Waals surface area contributed by atoms with Crippen molar-refractivity contribution >= 4 is 17.6 Å². The van der Waals surface area contributed by atoms with Crippen LogP contribution in [0.25, 0.3) is 0 Å². The van der Waals surface area contributed by atoms with Gasteiger partial charge in [-0.3, -0.25) is 0 Å². The Morgan fingerprint density at radius 2 is 1.89 bits per heavy atom. The zero-order valence-corrected chi connectivity index (χ0v) is 15.5. The van der Waals surface area contributed by atoms with E-state index >= 15 is 0 Å². The molecular formula is C20H20ClFN2O3. The Balaban J connectivity index is 1.41. The molecule has 1 N–H and O–H groups in total. The van der Waals surface area contributed by atoms with E-state index in [0.29, 0.717) is 42.8 Å². The van der Waals surface area contributed by atoms with Gasteiger partial charge in [0.2, 0.25) is 0 Å². The van der Waals surface area contributed by atoms with Crippen molar-refractivity contribution < 1.29 is 18.7 Å². The summed E-state index contributed by atoms with van der Waals surface area (Å²) in [5, 5.41) is 3.42. The molecular weight excluding hydrogens is 371 g/mol.